The molecular weight excluding hydrogens is 334 g/mol. The highest BCUT2D eigenvalue weighted by molar-refractivity contribution is 6.19. The second-order valence-corrected chi connectivity index (χ2v) is 6.55. The van der Waals surface area contributed by atoms with Crippen LogP contribution in [0.1, 0.15) is 37.0 Å². The number of nitrogens with zero attached hydrogens (tertiary/aromatic N) is 2. The van der Waals surface area contributed by atoms with Gasteiger partial charge in [-0.1, -0.05) is 0 Å². The van der Waals surface area contributed by atoms with Crippen molar-refractivity contribution in [3.8, 4) is 0 Å². The first-order chi connectivity index (χ1) is 12.4. The lowest BCUT2D eigenvalue weighted by Gasteiger charge is -2.20. The molecule has 0 spiro atoms. The molecule has 8 heteroatoms. The Balaban J connectivity index is 1.70. The largest absolute Gasteiger partial charge is 0.465 e. The maximum Gasteiger partial charge on any atom is 0.326 e. The fourth-order valence-corrected chi connectivity index (χ4v) is 3.33. The van der Waals surface area contributed by atoms with Gasteiger partial charge >= 0.3 is 5.97 Å². The molecule has 2 unspecified atom stereocenters. The van der Waals surface area contributed by atoms with E-state index in [-0.39, 0.29) is 18.7 Å². The minimum Gasteiger partial charge on any atom is -0.465 e. The highest BCUT2D eigenvalue weighted by atomic mass is 16.5. The van der Waals surface area contributed by atoms with Gasteiger partial charge in [0.15, 0.2) is 5.41 Å². The third-order valence-corrected chi connectivity index (χ3v) is 4.80. The smallest absolute Gasteiger partial charge is 0.326 e. The Labute approximate surface area is 150 Å². The zero-order valence-corrected chi connectivity index (χ0v) is 14.7. The van der Waals surface area contributed by atoms with Crippen LogP contribution in [0.5, 0.6) is 0 Å². The molecule has 0 saturated carbocycles. The second-order valence-electron chi connectivity index (χ2n) is 6.55. The Morgan fingerprint density at radius 3 is 2.62 bits per heavy atom. The Morgan fingerprint density at radius 1 is 1.19 bits per heavy atom. The molecule has 1 aromatic carbocycles. The van der Waals surface area contributed by atoms with Crippen LogP contribution in [-0.2, 0) is 19.7 Å². The molecule has 4 rings (SSSR count). The number of benzene rings is 1. The number of carbonyl (C=O) groups is 2. The molecule has 2 aromatic rings. The first kappa shape index (κ1) is 16.3. The number of aryl methyl sites for hydroxylation is 1. The predicted octanol–water partition coefficient (Wildman–Crippen LogP) is 2.09. The summed E-state index contributed by atoms with van der Waals surface area (Å²) in [6.45, 7) is 5.43. The average Bonchev–Trinajstić information content (AvgIpc) is 3.13. The number of nitrogens with one attached hydrogen (secondary N) is 3. The Hall–Kier alpha value is -3.16. The summed E-state index contributed by atoms with van der Waals surface area (Å²) in [7, 11) is 0. The fraction of sp³-hybridized carbons (Fsp3) is 0.333. The van der Waals surface area contributed by atoms with E-state index in [4.69, 9.17) is 4.74 Å². The van der Waals surface area contributed by atoms with Crippen LogP contribution in [0.2, 0.25) is 0 Å². The van der Waals surface area contributed by atoms with Gasteiger partial charge in [0.25, 0.3) is 0 Å². The number of ether oxygens (including phenoxy) is 1. The summed E-state index contributed by atoms with van der Waals surface area (Å²) in [6.07, 6.45) is 1.31. The number of anilines is 3. The maximum atomic E-state index is 12.5. The molecule has 2 atom stereocenters. The van der Waals surface area contributed by atoms with E-state index < -0.39 is 11.4 Å². The molecule has 0 bridgehead atoms. The molecule has 0 saturated heterocycles. The monoisotopic (exact) mass is 353 g/mol. The highest BCUT2D eigenvalue weighted by Gasteiger charge is 2.51. The van der Waals surface area contributed by atoms with Gasteiger partial charge in [-0.25, -0.2) is 9.97 Å². The summed E-state index contributed by atoms with van der Waals surface area (Å²) >= 11 is 0. The van der Waals surface area contributed by atoms with Crippen molar-refractivity contribution < 1.29 is 14.3 Å². The normalized spacial score (nSPS) is 22.7. The molecule has 0 fully saturated rings. The molecule has 134 valence electrons. The molecule has 0 radical (unpaired) electrons. The number of esters is 1. The quantitative estimate of drug-likeness (QED) is 0.573. The van der Waals surface area contributed by atoms with E-state index in [1.54, 1.807) is 13.8 Å². The number of hydrogen-bond donors (Lipinski definition) is 3. The number of carbonyl (C=O) groups excluding carboxylic acids is 2. The third kappa shape index (κ3) is 2.29. The molecule has 8 nitrogen and oxygen atoms in total. The van der Waals surface area contributed by atoms with Crippen LogP contribution in [0, 0.1) is 6.92 Å². The van der Waals surface area contributed by atoms with Crippen molar-refractivity contribution in [1.82, 2.24) is 9.97 Å². The Bertz CT molecular complexity index is 929. The van der Waals surface area contributed by atoms with Crippen molar-refractivity contribution in [3.05, 3.63) is 41.5 Å². The summed E-state index contributed by atoms with van der Waals surface area (Å²) in [6, 6.07) is 5.55. The molecule has 1 amide bonds. The van der Waals surface area contributed by atoms with Gasteiger partial charge in [-0.05, 0) is 39.0 Å². The minimum atomic E-state index is -1.36. The van der Waals surface area contributed by atoms with E-state index in [0.29, 0.717) is 11.3 Å². The number of hydrogen-bond acceptors (Lipinski definition) is 7. The van der Waals surface area contributed by atoms with E-state index in [0.717, 1.165) is 22.8 Å². The van der Waals surface area contributed by atoms with Crippen LogP contribution in [0.25, 0.3) is 0 Å². The molecule has 1 aromatic heterocycles. The molecule has 26 heavy (non-hydrogen) atoms. The summed E-state index contributed by atoms with van der Waals surface area (Å²) in [5, 5.41) is 9.46. The van der Waals surface area contributed by atoms with Crippen LogP contribution >= 0.6 is 0 Å². The van der Waals surface area contributed by atoms with Crippen LogP contribution in [0.3, 0.4) is 0 Å². The molecule has 3 N–H and O–H groups in total. The second kappa shape index (κ2) is 5.69. The minimum absolute atomic E-state index is 0.209. The number of fused-ring (bicyclic) bond motifs is 2. The van der Waals surface area contributed by atoms with Gasteiger partial charge < -0.3 is 20.7 Å². The lowest BCUT2D eigenvalue weighted by atomic mass is 9.83. The Morgan fingerprint density at radius 2 is 1.92 bits per heavy atom. The molecule has 3 heterocycles. The van der Waals surface area contributed by atoms with E-state index >= 15 is 0 Å². The average molecular weight is 353 g/mol. The van der Waals surface area contributed by atoms with Crippen LogP contribution < -0.4 is 16.0 Å². The van der Waals surface area contributed by atoms with E-state index in [1.807, 2.05) is 25.1 Å². The van der Waals surface area contributed by atoms with Gasteiger partial charge in [-0.15, -0.1) is 0 Å². The van der Waals surface area contributed by atoms with E-state index in [2.05, 4.69) is 25.9 Å². The number of rotatable bonds is 3. The van der Waals surface area contributed by atoms with Gasteiger partial charge in [0.05, 0.1) is 23.7 Å². The van der Waals surface area contributed by atoms with E-state index in [9.17, 15) is 9.59 Å². The lowest BCUT2D eigenvalue weighted by molar-refractivity contribution is -0.152. The first-order valence-corrected chi connectivity index (χ1v) is 8.42. The third-order valence-electron chi connectivity index (χ3n) is 4.80. The summed E-state index contributed by atoms with van der Waals surface area (Å²) < 4.78 is 5.13. The predicted molar refractivity (Wildman–Crippen MR) is 95.8 cm³/mol. The van der Waals surface area contributed by atoms with E-state index in [1.165, 1.54) is 6.33 Å². The van der Waals surface area contributed by atoms with Gasteiger partial charge in [-0.3, -0.25) is 9.59 Å². The first-order valence-electron chi connectivity index (χ1n) is 8.42. The zero-order chi connectivity index (χ0) is 18.5. The maximum absolute atomic E-state index is 12.5. The fourth-order valence-electron chi connectivity index (χ4n) is 3.33. The lowest BCUT2D eigenvalue weighted by Crippen LogP contribution is -2.40. The number of amides is 1. The topological polar surface area (TPSA) is 105 Å². The van der Waals surface area contributed by atoms with Crippen molar-refractivity contribution in [2.75, 3.05) is 22.6 Å². The van der Waals surface area contributed by atoms with Gasteiger partial charge in [0, 0.05) is 16.9 Å². The van der Waals surface area contributed by atoms with Crippen LogP contribution in [0.4, 0.5) is 17.1 Å². The van der Waals surface area contributed by atoms with Gasteiger partial charge in [0.2, 0.25) is 5.91 Å². The van der Waals surface area contributed by atoms with Gasteiger partial charge in [0.1, 0.15) is 12.5 Å². The summed E-state index contributed by atoms with van der Waals surface area (Å²) in [5.41, 5.74) is 3.18. The SMILES string of the molecule is CCOC(=O)C1(C)C(=O)Nc2cc3c(cc21)NC(c1cc(C)ncn1)N3. The Kier molecular flexibility index (Phi) is 3.57. The molecule has 2 aliphatic rings. The zero-order valence-electron chi connectivity index (χ0n) is 14.7. The standard InChI is InChI=1S/C18H19N5O3/c1-4-26-17(25)18(3)10-6-12-13(7-11(10)23-16(18)24)22-15(21-12)14-5-9(2)19-8-20-14/h5-8,15,21-22H,4H2,1-3H3,(H,23,24). The van der Waals surface area contributed by atoms with Crippen LogP contribution in [0.15, 0.2) is 24.5 Å². The van der Waals surface area contributed by atoms with Crippen LogP contribution in [-0.4, -0.2) is 28.5 Å². The van der Waals surface area contributed by atoms with Crippen molar-refractivity contribution in [2.24, 2.45) is 0 Å². The van der Waals surface area contributed by atoms with Crippen molar-refractivity contribution >= 4 is 28.9 Å². The summed E-state index contributed by atoms with van der Waals surface area (Å²) in [4.78, 5) is 33.3. The van der Waals surface area contributed by atoms with Crippen molar-refractivity contribution in [3.63, 3.8) is 0 Å². The molecular formula is C18H19N5O3. The van der Waals surface area contributed by atoms with Gasteiger partial charge in [-0.2, -0.15) is 0 Å². The van der Waals surface area contributed by atoms with Crippen molar-refractivity contribution in [1.29, 1.82) is 0 Å². The highest BCUT2D eigenvalue weighted by Crippen LogP contribution is 2.46. The molecule has 2 aliphatic heterocycles. The molecule has 0 aliphatic carbocycles. The number of aromatic nitrogens is 2. The van der Waals surface area contributed by atoms with Crippen molar-refractivity contribution in [2.45, 2.75) is 32.4 Å². The summed E-state index contributed by atoms with van der Waals surface area (Å²) in [5.74, 6) is -0.928.